The molecule has 108 valence electrons. The molecule has 1 saturated carbocycles. The van der Waals surface area contributed by atoms with E-state index in [1.165, 1.54) is 12.1 Å². The standard InChI is InChI=1S/C14H17FN2O2S/c15-13-10-12(2-1-8-16)5-6-14(13)20(18,19)17-9-7-11-3-4-11/h5-6,10-11,17H,3-4,7-9,16H2. The molecule has 0 saturated heterocycles. The molecule has 1 aromatic carbocycles. The summed E-state index contributed by atoms with van der Waals surface area (Å²) in [5.41, 5.74) is 5.63. The molecule has 0 aliphatic heterocycles. The van der Waals surface area contributed by atoms with Gasteiger partial charge in [-0.1, -0.05) is 24.7 Å². The first-order chi connectivity index (χ1) is 9.53. The van der Waals surface area contributed by atoms with Crippen molar-refractivity contribution in [3.8, 4) is 11.8 Å². The highest BCUT2D eigenvalue weighted by molar-refractivity contribution is 7.89. The van der Waals surface area contributed by atoms with Crippen LogP contribution >= 0.6 is 0 Å². The molecule has 0 heterocycles. The summed E-state index contributed by atoms with van der Waals surface area (Å²) in [5.74, 6) is 5.07. The van der Waals surface area contributed by atoms with Crippen LogP contribution in [0.15, 0.2) is 23.1 Å². The maximum absolute atomic E-state index is 13.9. The maximum atomic E-state index is 13.9. The molecule has 4 nitrogen and oxygen atoms in total. The van der Waals surface area contributed by atoms with Gasteiger partial charge in [-0.15, -0.1) is 0 Å². The van der Waals surface area contributed by atoms with Gasteiger partial charge in [-0.2, -0.15) is 0 Å². The fraction of sp³-hybridized carbons (Fsp3) is 0.429. The smallest absolute Gasteiger partial charge is 0.243 e. The maximum Gasteiger partial charge on any atom is 0.243 e. The summed E-state index contributed by atoms with van der Waals surface area (Å²) >= 11 is 0. The fourth-order valence-electron chi connectivity index (χ4n) is 1.83. The molecule has 1 aromatic rings. The van der Waals surface area contributed by atoms with Crippen LogP contribution in [-0.2, 0) is 10.0 Å². The molecular weight excluding hydrogens is 279 g/mol. The number of nitrogens with one attached hydrogen (secondary N) is 1. The minimum absolute atomic E-state index is 0.171. The fourth-order valence-corrected chi connectivity index (χ4v) is 2.94. The van der Waals surface area contributed by atoms with Crippen LogP contribution in [0.1, 0.15) is 24.8 Å². The van der Waals surface area contributed by atoms with E-state index in [0.29, 0.717) is 18.0 Å². The summed E-state index contributed by atoms with van der Waals surface area (Å²) in [7, 11) is -3.79. The van der Waals surface area contributed by atoms with Gasteiger partial charge in [0.05, 0.1) is 6.54 Å². The molecule has 1 aliphatic rings. The van der Waals surface area contributed by atoms with Gasteiger partial charge in [-0.25, -0.2) is 17.5 Å². The van der Waals surface area contributed by atoms with Gasteiger partial charge in [-0.05, 0) is 30.5 Å². The number of nitrogens with two attached hydrogens (primary N) is 1. The predicted molar refractivity (Wildman–Crippen MR) is 74.9 cm³/mol. The quantitative estimate of drug-likeness (QED) is 0.802. The molecule has 0 amide bonds. The van der Waals surface area contributed by atoms with Crippen LogP contribution in [0.4, 0.5) is 4.39 Å². The first-order valence-electron chi connectivity index (χ1n) is 6.51. The molecule has 2 rings (SSSR count). The third-order valence-corrected chi connectivity index (χ3v) is 4.59. The van der Waals surface area contributed by atoms with E-state index in [1.54, 1.807) is 0 Å². The minimum Gasteiger partial charge on any atom is -0.320 e. The van der Waals surface area contributed by atoms with E-state index in [4.69, 9.17) is 5.73 Å². The second-order valence-corrected chi connectivity index (χ2v) is 6.52. The van der Waals surface area contributed by atoms with Crippen molar-refractivity contribution in [2.24, 2.45) is 11.7 Å². The van der Waals surface area contributed by atoms with Crippen LogP contribution < -0.4 is 10.5 Å². The molecule has 1 aliphatic carbocycles. The minimum atomic E-state index is -3.79. The molecule has 0 radical (unpaired) electrons. The second-order valence-electron chi connectivity index (χ2n) is 4.78. The lowest BCUT2D eigenvalue weighted by Gasteiger charge is -2.07. The molecule has 0 spiro atoms. The molecule has 0 unspecified atom stereocenters. The van der Waals surface area contributed by atoms with Crippen LogP contribution in [0.3, 0.4) is 0 Å². The zero-order valence-corrected chi connectivity index (χ0v) is 11.8. The number of benzene rings is 1. The highest BCUT2D eigenvalue weighted by atomic mass is 32.2. The summed E-state index contributed by atoms with van der Waals surface area (Å²) in [5, 5.41) is 0. The average molecular weight is 296 g/mol. The molecule has 1 fully saturated rings. The number of sulfonamides is 1. The Morgan fingerprint density at radius 1 is 1.40 bits per heavy atom. The lowest BCUT2D eigenvalue weighted by atomic mass is 10.2. The summed E-state index contributed by atoms with van der Waals surface area (Å²) in [6.07, 6.45) is 3.12. The first-order valence-corrected chi connectivity index (χ1v) is 7.99. The van der Waals surface area contributed by atoms with Crippen molar-refractivity contribution in [1.82, 2.24) is 4.72 Å². The van der Waals surface area contributed by atoms with E-state index >= 15 is 0 Å². The third kappa shape index (κ3) is 4.04. The van der Waals surface area contributed by atoms with Crippen LogP contribution in [0, 0.1) is 23.6 Å². The van der Waals surface area contributed by atoms with Crippen molar-refractivity contribution >= 4 is 10.0 Å². The van der Waals surface area contributed by atoms with Crippen molar-refractivity contribution < 1.29 is 12.8 Å². The number of rotatable bonds is 5. The van der Waals surface area contributed by atoms with Gasteiger partial charge in [0.2, 0.25) is 10.0 Å². The number of hydrogen-bond donors (Lipinski definition) is 2. The van der Waals surface area contributed by atoms with Gasteiger partial charge in [-0.3, -0.25) is 0 Å². The summed E-state index contributed by atoms with van der Waals surface area (Å²) < 4.78 is 40.2. The Morgan fingerprint density at radius 2 is 2.15 bits per heavy atom. The van der Waals surface area contributed by atoms with Gasteiger partial charge in [0.1, 0.15) is 10.7 Å². The van der Waals surface area contributed by atoms with E-state index in [1.807, 2.05) is 0 Å². The zero-order chi connectivity index (χ0) is 14.6. The zero-order valence-electron chi connectivity index (χ0n) is 11.0. The van der Waals surface area contributed by atoms with Gasteiger partial charge < -0.3 is 5.73 Å². The third-order valence-electron chi connectivity index (χ3n) is 3.10. The lowest BCUT2D eigenvalue weighted by molar-refractivity contribution is 0.553. The van der Waals surface area contributed by atoms with Crippen LogP contribution in [-0.4, -0.2) is 21.5 Å². The number of hydrogen-bond acceptors (Lipinski definition) is 3. The first kappa shape index (κ1) is 15.0. The lowest BCUT2D eigenvalue weighted by Crippen LogP contribution is -2.26. The Labute approximate surface area is 118 Å². The Kier molecular flexibility index (Phi) is 4.76. The Hall–Kier alpha value is -1.42. The molecule has 0 aromatic heterocycles. The molecule has 6 heteroatoms. The number of halogens is 1. The highest BCUT2D eigenvalue weighted by Gasteiger charge is 2.23. The van der Waals surface area contributed by atoms with E-state index in [-0.39, 0.29) is 11.4 Å². The molecular formula is C14H17FN2O2S. The Morgan fingerprint density at radius 3 is 2.75 bits per heavy atom. The van der Waals surface area contributed by atoms with E-state index in [0.717, 1.165) is 25.3 Å². The van der Waals surface area contributed by atoms with Crippen LogP contribution in [0.25, 0.3) is 0 Å². The van der Waals surface area contributed by atoms with Crippen molar-refractivity contribution in [3.05, 3.63) is 29.6 Å². The Bertz CT molecular complexity index is 643. The monoisotopic (exact) mass is 296 g/mol. The van der Waals surface area contributed by atoms with Crippen molar-refractivity contribution in [3.63, 3.8) is 0 Å². The molecule has 0 bridgehead atoms. The van der Waals surface area contributed by atoms with Gasteiger partial charge >= 0.3 is 0 Å². The van der Waals surface area contributed by atoms with Gasteiger partial charge in [0.25, 0.3) is 0 Å². The van der Waals surface area contributed by atoms with Crippen LogP contribution in [0.2, 0.25) is 0 Å². The van der Waals surface area contributed by atoms with Crippen molar-refractivity contribution in [1.29, 1.82) is 0 Å². The molecule has 3 N–H and O–H groups in total. The predicted octanol–water partition coefficient (Wildman–Crippen LogP) is 1.21. The topological polar surface area (TPSA) is 72.2 Å². The summed E-state index contributed by atoms with van der Waals surface area (Å²) in [4.78, 5) is -0.341. The SMILES string of the molecule is NCC#Cc1ccc(S(=O)(=O)NCCC2CC2)c(F)c1. The average Bonchev–Trinajstić information content (AvgIpc) is 3.20. The second kappa shape index (κ2) is 6.35. The molecule has 20 heavy (non-hydrogen) atoms. The van der Waals surface area contributed by atoms with Crippen LogP contribution in [0.5, 0.6) is 0 Å². The van der Waals surface area contributed by atoms with E-state index in [9.17, 15) is 12.8 Å². The largest absolute Gasteiger partial charge is 0.320 e. The summed E-state index contributed by atoms with van der Waals surface area (Å²) in [6.45, 7) is 0.519. The highest BCUT2D eigenvalue weighted by Crippen LogP contribution is 2.31. The van der Waals surface area contributed by atoms with E-state index in [2.05, 4.69) is 16.6 Å². The van der Waals surface area contributed by atoms with Gasteiger partial charge in [0.15, 0.2) is 0 Å². The van der Waals surface area contributed by atoms with Crippen molar-refractivity contribution in [2.45, 2.75) is 24.2 Å². The van der Waals surface area contributed by atoms with Crippen molar-refractivity contribution in [2.75, 3.05) is 13.1 Å². The summed E-state index contributed by atoms with van der Waals surface area (Å²) in [6, 6.07) is 3.81. The van der Waals surface area contributed by atoms with E-state index < -0.39 is 15.8 Å². The Balaban J connectivity index is 2.09. The molecule has 0 atom stereocenters. The van der Waals surface area contributed by atoms with Gasteiger partial charge in [0, 0.05) is 12.1 Å². The normalized spacial score (nSPS) is 14.7.